The van der Waals surface area contributed by atoms with Crippen LogP contribution in [0.2, 0.25) is 0 Å². The van der Waals surface area contributed by atoms with E-state index < -0.39 is 0 Å². The van der Waals surface area contributed by atoms with Crippen molar-refractivity contribution < 1.29 is 9.53 Å². The molecular weight excluding hydrogens is 228 g/mol. The first-order valence-corrected chi connectivity index (χ1v) is 6.01. The van der Waals surface area contributed by atoms with Crippen molar-refractivity contribution in [3.05, 3.63) is 29.5 Å². The van der Waals surface area contributed by atoms with Gasteiger partial charge in [-0.05, 0) is 37.6 Å². The maximum Gasteiger partial charge on any atom is 0.308 e. The molecule has 0 atom stereocenters. The van der Waals surface area contributed by atoms with Crippen LogP contribution in [0.4, 0.5) is 0 Å². The SMILES string of the molecule is CC(=O)Oc1cccc2c1c(CCN)c(C)n2C. The minimum absolute atomic E-state index is 0.303. The quantitative estimate of drug-likeness (QED) is 0.665. The third-order valence-corrected chi connectivity index (χ3v) is 3.26. The van der Waals surface area contributed by atoms with Gasteiger partial charge in [0.05, 0.1) is 5.52 Å². The molecule has 4 nitrogen and oxygen atoms in total. The van der Waals surface area contributed by atoms with Gasteiger partial charge >= 0.3 is 5.97 Å². The molecule has 0 bridgehead atoms. The zero-order valence-electron chi connectivity index (χ0n) is 11.0. The molecule has 0 radical (unpaired) electrons. The number of hydrogen-bond donors (Lipinski definition) is 1. The van der Waals surface area contributed by atoms with Gasteiger partial charge in [0.25, 0.3) is 0 Å². The number of rotatable bonds is 3. The third kappa shape index (κ3) is 1.99. The van der Waals surface area contributed by atoms with Crippen molar-refractivity contribution in [1.29, 1.82) is 0 Å². The molecule has 18 heavy (non-hydrogen) atoms. The van der Waals surface area contributed by atoms with Gasteiger partial charge in [-0.1, -0.05) is 6.07 Å². The summed E-state index contributed by atoms with van der Waals surface area (Å²) >= 11 is 0. The maximum atomic E-state index is 11.2. The van der Waals surface area contributed by atoms with Crippen LogP contribution in [-0.4, -0.2) is 17.1 Å². The molecular formula is C14H18N2O2. The number of fused-ring (bicyclic) bond motifs is 1. The fourth-order valence-electron chi connectivity index (χ4n) is 2.36. The van der Waals surface area contributed by atoms with Gasteiger partial charge in [0, 0.05) is 25.1 Å². The fourth-order valence-corrected chi connectivity index (χ4v) is 2.36. The van der Waals surface area contributed by atoms with E-state index in [9.17, 15) is 4.79 Å². The highest BCUT2D eigenvalue weighted by atomic mass is 16.5. The Kier molecular flexibility index (Phi) is 3.39. The molecule has 0 aliphatic heterocycles. The number of nitrogens with two attached hydrogens (primary N) is 1. The molecule has 0 aliphatic rings. The summed E-state index contributed by atoms with van der Waals surface area (Å²) in [5, 5.41) is 0.998. The zero-order chi connectivity index (χ0) is 13.3. The Morgan fingerprint density at radius 3 is 2.78 bits per heavy atom. The highest BCUT2D eigenvalue weighted by molar-refractivity contribution is 5.92. The average Bonchev–Trinajstić information content (AvgIpc) is 2.56. The fraction of sp³-hybridized carbons (Fsp3) is 0.357. The third-order valence-electron chi connectivity index (χ3n) is 3.26. The van der Waals surface area contributed by atoms with E-state index in [1.54, 1.807) is 0 Å². The van der Waals surface area contributed by atoms with Gasteiger partial charge in [0.15, 0.2) is 0 Å². The number of aromatic nitrogens is 1. The van der Waals surface area contributed by atoms with Crippen LogP contribution in [0.5, 0.6) is 5.75 Å². The predicted octanol–water partition coefficient (Wildman–Crippen LogP) is 1.91. The van der Waals surface area contributed by atoms with Crippen LogP contribution in [0.15, 0.2) is 18.2 Å². The van der Waals surface area contributed by atoms with Crippen LogP contribution >= 0.6 is 0 Å². The summed E-state index contributed by atoms with van der Waals surface area (Å²) in [7, 11) is 2.01. The maximum absolute atomic E-state index is 11.2. The Bertz CT molecular complexity index is 599. The number of nitrogens with zero attached hydrogens (tertiary/aromatic N) is 1. The molecule has 2 N–H and O–H groups in total. The highest BCUT2D eigenvalue weighted by Gasteiger charge is 2.16. The Hall–Kier alpha value is -1.81. The molecule has 1 aromatic heterocycles. The van der Waals surface area contributed by atoms with Gasteiger partial charge in [-0.15, -0.1) is 0 Å². The lowest BCUT2D eigenvalue weighted by Crippen LogP contribution is -2.05. The summed E-state index contributed by atoms with van der Waals surface area (Å²) in [5.74, 6) is 0.315. The molecule has 0 spiro atoms. The van der Waals surface area contributed by atoms with E-state index in [1.807, 2.05) is 25.2 Å². The van der Waals surface area contributed by atoms with Gasteiger partial charge in [-0.25, -0.2) is 0 Å². The summed E-state index contributed by atoms with van der Waals surface area (Å²) in [6, 6.07) is 5.74. The minimum atomic E-state index is -0.303. The van der Waals surface area contributed by atoms with Crippen molar-refractivity contribution in [3.8, 4) is 5.75 Å². The van der Waals surface area contributed by atoms with Crippen molar-refractivity contribution in [1.82, 2.24) is 4.57 Å². The molecule has 1 aromatic carbocycles. The van der Waals surface area contributed by atoms with Crippen molar-refractivity contribution in [2.24, 2.45) is 12.8 Å². The molecule has 0 saturated carbocycles. The number of aryl methyl sites for hydroxylation is 1. The Labute approximate surface area is 106 Å². The number of benzene rings is 1. The largest absolute Gasteiger partial charge is 0.426 e. The number of carbonyl (C=O) groups excluding carboxylic acids is 1. The summed E-state index contributed by atoms with van der Waals surface area (Å²) in [6.45, 7) is 4.05. The summed E-state index contributed by atoms with van der Waals surface area (Å²) in [5.41, 5.74) is 9.05. The van der Waals surface area contributed by atoms with Gasteiger partial charge in [0.1, 0.15) is 5.75 Å². The lowest BCUT2D eigenvalue weighted by Gasteiger charge is -2.05. The van der Waals surface area contributed by atoms with Crippen molar-refractivity contribution >= 4 is 16.9 Å². The van der Waals surface area contributed by atoms with Gasteiger partial charge in [-0.2, -0.15) is 0 Å². The van der Waals surface area contributed by atoms with Crippen LogP contribution in [0, 0.1) is 6.92 Å². The second kappa shape index (κ2) is 4.82. The van der Waals surface area contributed by atoms with Gasteiger partial charge in [0.2, 0.25) is 0 Å². The van der Waals surface area contributed by atoms with E-state index in [0.29, 0.717) is 12.3 Å². The molecule has 0 amide bonds. The first kappa shape index (κ1) is 12.6. The molecule has 2 rings (SSSR count). The van der Waals surface area contributed by atoms with Crippen molar-refractivity contribution in [2.45, 2.75) is 20.3 Å². The smallest absolute Gasteiger partial charge is 0.308 e. The van der Waals surface area contributed by atoms with E-state index in [2.05, 4.69) is 11.5 Å². The monoisotopic (exact) mass is 246 g/mol. The predicted molar refractivity (Wildman–Crippen MR) is 71.7 cm³/mol. The zero-order valence-corrected chi connectivity index (χ0v) is 11.0. The Morgan fingerprint density at radius 1 is 1.44 bits per heavy atom. The number of hydrogen-bond acceptors (Lipinski definition) is 3. The van der Waals surface area contributed by atoms with E-state index in [1.165, 1.54) is 6.92 Å². The second-order valence-electron chi connectivity index (χ2n) is 4.41. The molecule has 0 aliphatic carbocycles. The number of ether oxygens (including phenoxy) is 1. The first-order valence-electron chi connectivity index (χ1n) is 6.01. The molecule has 4 heteroatoms. The number of esters is 1. The summed E-state index contributed by atoms with van der Waals surface area (Å²) in [6.07, 6.45) is 0.779. The number of carbonyl (C=O) groups is 1. The Balaban J connectivity index is 2.72. The first-order chi connectivity index (χ1) is 8.56. The van der Waals surface area contributed by atoms with E-state index >= 15 is 0 Å². The van der Waals surface area contributed by atoms with Crippen LogP contribution in [-0.2, 0) is 18.3 Å². The summed E-state index contributed by atoms with van der Waals surface area (Å²) < 4.78 is 7.39. The molecule has 0 fully saturated rings. The average molecular weight is 246 g/mol. The van der Waals surface area contributed by atoms with Crippen LogP contribution in [0.3, 0.4) is 0 Å². The van der Waals surface area contributed by atoms with Crippen molar-refractivity contribution in [3.63, 3.8) is 0 Å². The molecule has 2 aromatic rings. The molecule has 0 saturated heterocycles. The van der Waals surface area contributed by atoms with Crippen LogP contribution in [0.1, 0.15) is 18.2 Å². The van der Waals surface area contributed by atoms with E-state index in [-0.39, 0.29) is 5.97 Å². The topological polar surface area (TPSA) is 57.2 Å². The lowest BCUT2D eigenvalue weighted by molar-refractivity contribution is -0.131. The van der Waals surface area contributed by atoms with E-state index in [0.717, 1.165) is 28.6 Å². The molecule has 1 heterocycles. The summed E-state index contributed by atoms with van der Waals surface area (Å²) in [4.78, 5) is 11.2. The minimum Gasteiger partial charge on any atom is -0.426 e. The van der Waals surface area contributed by atoms with Crippen LogP contribution in [0.25, 0.3) is 10.9 Å². The van der Waals surface area contributed by atoms with Crippen LogP contribution < -0.4 is 10.5 Å². The van der Waals surface area contributed by atoms with E-state index in [4.69, 9.17) is 10.5 Å². The Morgan fingerprint density at radius 2 is 2.17 bits per heavy atom. The van der Waals surface area contributed by atoms with Gasteiger partial charge in [-0.3, -0.25) is 4.79 Å². The normalized spacial score (nSPS) is 10.9. The molecule has 0 unspecified atom stereocenters. The van der Waals surface area contributed by atoms with Gasteiger partial charge < -0.3 is 15.0 Å². The standard InChI is InChI=1S/C14H18N2O2/c1-9-11(7-8-15)14-12(16(9)3)5-4-6-13(14)18-10(2)17/h4-6H,7-8,15H2,1-3H3. The second-order valence-corrected chi connectivity index (χ2v) is 4.41. The highest BCUT2D eigenvalue weighted by Crippen LogP contribution is 2.33. The molecule has 96 valence electrons. The van der Waals surface area contributed by atoms with Crippen molar-refractivity contribution in [2.75, 3.05) is 6.54 Å². The lowest BCUT2D eigenvalue weighted by atomic mass is 10.1.